The SMILES string of the molecule is CC(=O)O[Si](CCC=CC=O)(OC(C)=O)OC(C)=O. The van der Waals surface area contributed by atoms with Gasteiger partial charge in [-0.15, -0.1) is 0 Å². The molecule has 0 aliphatic carbocycles. The van der Waals surface area contributed by atoms with E-state index < -0.39 is 26.7 Å². The average Bonchev–Trinajstić information content (AvgIpc) is 2.21. The largest absolute Gasteiger partial charge is 0.705 e. The monoisotopic (exact) mass is 288 g/mol. The molecule has 0 heterocycles. The van der Waals surface area contributed by atoms with E-state index in [1.54, 1.807) is 0 Å². The van der Waals surface area contributed by atoms with E-state index in [0.717, 1.165) is 20.8 Å². The number of hydrogen-bond donors (Lipinski definition) is 0. The molecule has 0 aromatic heterocycles. The highest BCUT2D eigenvalue weighted by Gasteiger charge is 2.50. The van der Waals surface area contributed by atoms with Crippen molar-refractivity contribution in [3.8, 4) is 0 Å². The van der Waals surface area contributed by atoms with Gasteiger partial charge in [0.15, 0.2) is 0 Å². The summed E-state index contributed by atoms with van der Waals surface area (Å²) in [5, 5.41) is 0. The Bertz CT molecular complexity index is 348. The highest BCUT2D eigenvalue weighted by atomic mass is 28.4. The van der Waals surface area contributed by atoms with Gasteiger partial charge in [-0.1, -0.05) is 6.08 Å². The molecule has 0 spiro atoms. The summed E-state index contributed by atoms with van der Waals surface area (Å²) in [4.78, 5) is 43.3. The van der Waals surface area contributed by atoms with E-state index in [-0.39, 0.29) is 12.5 Å². The molecule has 0 saturated heterocycles. The standard InChI is InChI=1S/C11H16O7Si/c1-9(13)16-19(17-10(2)14,18-11(3)15)8-6-4-5-7-12/h4-5,7H,6,8H2,1-3H3. The highest BCUT2D eigenvalue weighted by molar-refractivity contribution is 6.65. The van der Waals surface area contributed by atoms with E-state index in [1.165, 1.54) is 12.2 Å². The summed E-state index contributed by atoms with van der Waals surface area (Å²) in [6, 6.07) is 0.0239. The van der Waals surface area contributed by atoms with Gasteiger partial charge in [0.05, 0.1) is 6.04 Å². The van der Waals surface area contributed by atoms with Crippen molar-refractivity contribution in [2.75, 3.05) is 0 Å². The van der Waals surface area contributed by atoms with Crippen LogP contribution in [0, 0.1) is 0 Å². The summed E-state index contributed by atoms with van der Waals surface area (Å²) < 4.78 is 14.8. The zero-order chi connectivity index (χ0) is 14.9. The minimum absolute atomic E-state index is 0.0239. The topological polar surface area (TPSA) is 96.0 Å². The Morgan fingerprint density at radius 1 is 0.947 bits per heavy atom. The zero-order valence-electron chi connectivity index (χ0n) is 11.0. The Balaban J connectivity index is 5.02. The fraction of sp³-hybridized carbons (Fsp3) is 0.455. The maximum atomic E-state index is 11.1. The highest BCUT2D eigenvalue weighted by Crippen LogP contribution is 2.19. The lowest BCUT2D eigenvalue weighted by atomic mass is 10.4. The van der Waals surface area contributed by atoms with Gasteiger partial charge in [0.25, 0.3) is 17.9 Å². The summed E-state index contributed by atoms with van der Waals surface area (Å²) in [5.74, 6) is -2.14. The lowest BCUT2D eigenvalue weighted by molar-refractivity contribution is -0.147. The Hall–Kier alpha value is -1.96. The lowest BCUT2D eigenvalue weighted by Crippen LogP contribution is -2.49. The van der Waals surface area contributed by atoms with Crippen molar-refractivity contribution in [2.24, 2.45) is 0 Å². The second-order valence-electron chi connectivity index (χ2n) is 3.57. The third kappa shape index (κ3) is 7.87. The van der Waals surface area contributed by atoms with Crippen LogP contribution < -0.4 is 0 Å². The predicted octanol–water partition coefficient (Wildman–Crippen LogP) is 0.760. The summed E-state index contributed by atoms with van der Waals surface area (Å²) in [6.07, 6.45) is 3.57. The molecule has 0 saturated carbocycles. The Labute approximate surface area is 111 Å². The molecule has 0 radical (unpaired) electrons. The van der Waals surface area contributed by atoms with Crippen LogP contribution in [0.3, 0.4) is 0 Å². The first-order valence-electron chi connectivity index (χ1n) is 5.50. The Morgan fingerprint density at radius 3 is 1.68 bits per heavy atom. The van der Waals surface area contributed by atoms with E-state index in [4.69, 9.17) is 13.3 Å². The summed E-state index contributed by atoms with van der Waals surface area (Å²) >= 11 is 0. The molecule has 0 fully saturated rings. The van der Waals surface area contributed by atoms with Crippen LogP contribution in [0.5, 0.6) is 0 Å². The van der Waals surface area contributed by atoms with Crippen LogP contribution >= 0.6 is 0 Å². The second-order valence-corrected chi connectivity index (χ2v) is 6.05. The van der Waals surface area contributed by atoms with Gasteiger partial charge in [-0.05, 0) is 12.5 Å². The lowest BCUT2D eigenvalue weighted by Gasteiger charge is -2.25. The first-order chi connectivity index (χ1) is 8.81. The number of carbonyl (C=O) groups excluding carboxylic acids is 4. The fourth-order valence-electron chi connectivity index (χ4n) is 1.28. The molecule has 0 aromatic rings. The molecule has 0 aliphatic rings. The second kappa shape index (κ2) is 8.19. The quantitative estimate of drug-likeness (QED) is 0.387. The van der Waals surface area contributed by atoms with Crippen LogP contribution in [0.2, 0.25) is 6.04 Å². The van der Waals surface area contributed by atoms with Crippen molar-refractivity contribution < 1.29 is 32.5 Å². The molecule has 0 aromatic carbocycles. The first kappa shape index (κ1) is 17.0. The van der Waals surface area contributed by atoms with Gasteiger partial charge in [-0.3, -0.25) is 19.2 Å². The molecule has 0 atom stereocenters. The molecule has 0 bridgehead atoms. The van der Waals surface area contributed by atoms with Crippen LogP contribution in [-0.2, 0) is 32.5 Å². The molecule has 0 N–H and O–H groups in total. The van der Waals surface area contributed by atoms with Gasteiger partial charge in [-0.2, -0.15) is 0 Å². The Kier molecular flexibility index (Phi) is 7.35. The van der Waals surface area contributed by atoms with Gasteiger partial charge in [0.2, 0.25) is 0 Å². The van der Waals surface area contributed by atoms with E-state index in [1.807, 2.05) is 0 Å². The number of allylic oxidation sites excluding steroid dienone is 2. The predicted molar refractivity (Wildman–Crippen MR) is 65.7 cm³/mol. The number of hydrogen-bond acceptors (Lipinski definition) is 7. The maximum Gasteiger partial charge on any atom is 0.705 e. The molecular formula is C11H16O7Si. The minimum Gasteiger partial charge on any atom is -0.455 e. The van der Waals surface area contributed by atoms with Crippen molar-refractivity contribution >= 4 is 33.0 Å². The maximum absolute atomic E-state index is 11.1. The van der Waals surface area contributed by atoms with Crippen LogP contribution in [0.15, 0.2) is 12.2 Å². The van der Waals surface area contributed by atoms with Gasteiger partial charge in [0.1, 0.15) is 6.29 Å². The van der Waals surface area contributed by atoms with Gasteiger partial charge >= 0.3 is 8.80 Å². The molecule has 19 heavy (non-hydrogen) atoms. The fourth-order valence-corrected chi connectivity index (χ4v) is 3.55. The minimum atomic E-state index is -3.75. The van der Waals surface area contributed by atoms with E-state index in [2.05, 4.69) is 0 Å². The van der Waals surface area contributed by atoms with Crippen LogP contribution in [0.1, 0.15) is 27.2 Å². The van der Waals surface area contributed by atoms with Crippen molar-refractivity contribution in [1.82, 2.24) is 0 Å². The molecule has 7 nitrogen and oxygen atoms in total. The van der Waals surface area contributed by atoms with Gasteiger partial charge in [0, 0.05) is 20.8 Å². The van der Waals surface area contributed by atoms with E-state index >= 15 is 0 Å². The third-order valence-electron chi connectivity index (χ3n) is 1.73. The zero-order valence-corrected chi connectivity index (χ0v) is 12.0. The van der Waals surface area contributed by atoms with Crippen LogP contribution in [0.4, 0.5) is 0 Å². The molecule has 0 unspecified atom stereocenters. The van der Waals surface area contributed by atoms with Crippen molar-refractivity contribution in [3.05, 3.63) is 12.2 Å². The number of aldehydes is 1. The normalized spacial score (nSPS) is 10.9. The molecule has 0 amide bonds. The summed E-state index contributed by atoms with van der Waals surface area (Å²) in [6.45, 7) is 3.36. The average molecular weight is 288 g/mol. The molecule has 8 heteroatoms. The van der Waals surface area contributed by atoms with E-state index in [9.17, 15) is 19.2 Å². The Morgan fingerprint density at radius 2 is 1.37 bits per heavy atom. The molecule has 0 aliphatic heterocycles. The molecule has 106 valence electrons. The van der Waals surface area contributed by atoms with Gasteiger partial charge in [-0.25, -0.2) is 0 Å². The van der Waals surface area contributed by atoms with E-state index in [0.29, 0.717) is 6.29 Å². The van der Waals surface area contributed by atoms with Crippen molar-refractivity contribution in [2.45, 2.75) is 33.2 Å². The molecular weight excluding hydrogens is 272 g/mol. The van der Waals surface area contributed by atoms with Crippen molar-refractivity contribution in [1.29, 1.82) is 0 Å². The number of rotatable bonds is 7. The van der Waals surface area contributed by atoms with Crippen LogP contribution in [0.25, 0.3) is 0 Å². The van der Waals surface area contributed by atoms with Crippen LogP contribution in [-0.4, -0.2) is 33.0 Å². The number of carbonyl (C=O) groups is 4. The summed E-state index contributed by atoms with van der Waals surface area (Å²) in [7, 11) is -3.75. The first-order valence-corrected chi connectivity index (χ1v) is 7.43. The molecule has 0 rings (SSSR count). The van der Waals surface area contributed by atoms with Crippen molar-refractivity contribution in [3.63, 3.8) is 0 Å². The van der Waals surface area contributed by atoms with Gasteiger partial charge < -0.3 is 13.3 Å². The smallest absolute Gasteiger partial charge is 0.455 e. The third-order valence-corrected chi connectivity index (χ3v) is 4.43. The summed E-state index contributed by atoms with van der Waals surface area (Å²) in [5.41, 5.74) is 0.